The predicted molar refractivity (Wildman–Crippen MR) is 93.7 cm³/mol. The van der Waals surface area contributed by atoms with Crippen LogP contribution in [0.3, 0.4) is 0 Å². The van der Waals surface area contributed by atoms with Gasteiger partial charge in [-0.05, 0) is 21.5 Å². The van der Waals surface area contributed by atoms with Crippen LogP contribution >= 0.6 is 0 Å². The number of hydrogen-bond acceptors (Lipinski definition) is 0. The molecule has 0 aliphatic heterocycles. The number of hydrogen-bond donors (Lipinski definition) is 0. The van der Waals surface area contributed by atoms with Crippen molar-refractivity contribution < 1.29 is 0 Å². The molecular weight excluding hydrogens is 280 g/mol. The minimum absolute atomic E-state index is 0. The van der Waals surface area contributed by atoms with Crippen LogP contribution in [0.1, 0.15) is 0 Å². The quantitative estimate of drug-likeness (QED) is 0.386. The molecule has 98 valence electrons. The molecule has 21 heavy (non-hydrogen) atoms. The van der Waals surface area contributed by atoms with Gasteiger partial charge in [-0.3, -0.25) is 0 Å². The first-order chi connectivity index (χ1) is 9.93. The van der Waals surface area contributed by atoms with E-state index in [0.717, 1.165) is 0 Å². The maximum atomic E-state index is 2.12. The second-order valence-corrected chi connectivity index (χ2v) is 4.69. The van der Waals surface area contributed by atoms with E-state index in [1.165, 1.54) is 21.5 Å². The summed E-state index contributed by atoms with van der Waals surface area (Å²) < 4.78 is 0. The third-order valence-corrected chi connectivity index (χ3v) is 3.32. The minimum Gasteiger partial charge on any atom is -0.0616 e. The van der Waals surface area contributed by atoms with E-state index in [1.807, 2.05) is 0 Å². The number of rotatable bonds is 0. The third-order valence-electron chi connectivity index (χ3n) is 3.32. The second-order valence-electron chi connectivity index (χ2n) is 4.69. The summed E-state index contributed by atoms with van der Waals surface area (Å²) in [6.07, 6.45) is 0. The van der Waals surface area contributed by atoms with Crippen LogP contribution in [0, 0.1) is 0 Å². The molecule has 0 amide bonds. The molecule has 0 spiro atoms. The van der Waals surface area contributed by atoms with Crippen molar-refractivity contribution in [3.05, 3.63) is 97.1 Å². The molecule has 0 N–H and O–H groups in total. The molecule has 0 aliphatic rings. The topological polar surface area (TPSA) is 0 Å². The Bertz CT molecular complexity index is 619. The van der Waals surface area contributed by atoms with Crippen LogP contribution in [-0.4, -0.2) is 37.7 Å². The maximum absolute atomic E-state index is 2.12. The first-order valence-electron chi connectivity index (χ1n) is 6.81. The van der Waals surface area contributed by atoms with E-state index in [2.05, 4.69) is 97.1 Å². The van der Waals surface area contributed by atoms with E-state index < -0.39 is 0 Å². The summed E-state index contributed by atoms with van der Waals surface area (Å²) in [4.78, 5) is 0. The average Bonchev–Trinajstić information content (AvgIpc) is 2.56. The number of fused-ring (bicyclic) bond motifs is 2. The van der Waals surface area contributed by atoms with E-state index in [0.29, 0.717) is 0 Å². The van der Waals surface area contributed by atoms with Crippen molar-refractivity contribution in [2.45, 2.75) is 0 Å². The summed E-state index contributed by atoms with van der Waals surface area (Å²) in [5, 5.41) is 5.24. The zero-order chi connectivity index (χ0) is 13.6. The minimum atomic E-state index is 0. The van der Waals surface area contributed by atoms with Gasteiger partial charge in [-0.15, -0.1) is 0 Å². The van der Waals surface area contributed by atoms with E-state index in [4.69, 9.17) is 0 Å². The summed E-state index contributed by atoms with van der Waals surface area (Å²) in [6.45, 7) is 0. The summed E-state index contributed by atoms with van der Waals surface area (Å²) >= 11 is 0. The molecule has 0 atom stereocenters. The van der Waals surface area contributed by atoms with Gasteiger partial charge in [-0.1, -0.05) is 97.1 Å². The molecule has 0 bridgehead atoms. The Morgan fingerprint density at radius 1 is 0.286 bits per heavy atom. The van der Waals surface area contributed by atoms with Crippen LogP contribution in [0.4, 0.5) is 0 Å². The molecule has 4 aromatic rings. The van der Waals surface area contributed by atoms with Gasteiger partial charge in [-0.25, -0.2) is 0 Å². The monoisotopic (exact) mass is 296 g/mol. The summed E-state index contributed by atoms with van der Waals surface area (Å²) in [7, 11) is 0. The van der Waals surface area contributed by atoms with Crippen LogP contribution < -0.4 is 0 Å². The summed E-state index contributed by atoms with van der Waals surface area (Å²) in [6, 6.07) is 33.4. The van der Waals surface area contributed by atoms with Gasteiger partial charge in [-0.2, -0.15) is 0 Å². The molecule has 0 nitrogen and oxygen atoms in total. The van der Waals surface area contributed by atoms with Crippen molar-refractivity contribution in [1.29, 1.82) is 0 Å². The van der Waals surface area contributed by atoms with Crippen molar-refractivity contribution >= 4 is 59.3 Å². The van der Waals surface area contributed by atoms with E-state index in [1.54, 1.807) is 0 Å². The van der Waals surface area contributed by atoms with Gasteiger partial charge in [0, 0.05) is 37.7 Å². The van der Waals surface area contributed by atoms with Gasteiger partial charge in [0.1, 0.15) is 0 Å². The van der Waals surface area contributed by atoms with Gasteiger partial charge in [0.15, 0.2) is 0 Å². The smallest absolute Gasteiger partial charge is 0 e. The first-order valence-corrected chi connectivity index (χ1v) is 6.81. The normalized spacial score (nSPS) is 9.52. The zero-order valence-corrected chi connectivity index (χ0v) is 14.2. The third kappa shape index (κ3) is 4.31. The molecule has 4 rings (SSSR count). The average molecular weight is 296 g/mol. The standard InChI is InChI=1S/2C10H8.Ca/c2*1-2-6-10-8-4-3-7-9(10)5-1;/h2*1-8H;. The fourth-order valence-corrected chi connectivity index (χ4v) is 2.27. The second kappa shape index (κ2) is 8.19. The summed E-state index contributed by atoms with van der Waals surface area (Å²) in [5.74, 6) is 0. The largest absolute Gasteiger partial charge is 0.0616 e. The molecule has 0 aliphatic carbocycles. The van der Waals surface area contributed by atoms with Gasteiger partial charge in [0.05, 0.1) is 0 Å². The predicted octanol–water partition coefficient (Wildman–Crippen LogP) is 5.30. The van der Waals surface area contributed by atoms with Crippen molar-refractivity contribution in [1.82, 2.24) is 0 Å². The SMILES string of the molecule is [Ca].c1ccc2ccccc2c1.c1ccc2ccccc2c1. The van der Waals surface area contributed by atoms with Crippen LogP contribution in [0.2, 0.25) is 0 Å². The zero-order valence-electron chi connectivity index (χ0n) is 11.9. The Balaban J connectivity index is 0.000000147. The van der Waals surface area contributed by atoms with E-state index in [-0.39, 0.29) is 37.7 Å². The van der Waals surface area contributed by atoms with E-state index >= 15 is 0 Å². The van der Waals surface area contributed by atoms with Crippen molar-refractivity contribution in [2.75, 3.05) is 0 Å². The van der Waals surface area contributed by atoms with Crippen LogP contribution in [0.25, 0.3) is 21.5 Å². The Hall–Kier alpha value is -1.34. The van der Waals surface area contributed by atoms with Crippen molar-refractivity contribution in [3.8, 4) is 0 Å². The van der Waals surface area contributed by atoms with Crippen LogP contribution in [0.5, 0.6) is 0 Å². The molecular formula is C20H16Ca. The van der Waals surface area contributed by atoms with Crippen LogP contribution in [0.15, 0.2) is 97.1 Å². The first kappa shape index (κ1) is 16.0. The van der Waals surface area contributed by atoms with Crippen molar-refractivity contribution in [3.63, 3.8) is 0 Å². The van der Waals surface area contributed by atoms with Crippen molar-refractivity contribution in [2.24, 2.45) is 0 Å². The molecule has 0 aromatic heterocycles. The van der Waals surface area contributed by atoms with Gasteiger partial charge >= 0.3 is 0 Å². The molecule has 2 radical (unpaired) electrons. The Labute approximate surface area is 155 Å². The molecule has 0 saturated carbocycles. The molecule has 0 heterocycles. The Kier molecular flexibility index (Phi) is 6.25. The Morgan fingerprint density at radius 2 is 0.429 bits per heavy atom. The Morgan fingerprint density at radius 3 is 0.571 bits per heavy atom. The molecule has 0 unspecified atom stereocenters. The fourth-order valence-electron chi connectivity index (χ4n) is 2.27. The summed E-state index contributed by atoms with van der Waals surface area (Å²) in [5.41, 5.74) is 0. The molecule has 0 saturated heterocycles. The molecule has 1 heteroatoms. The van der Waals surface area contributed by atoms with Gasteiger partial charge < -0.3 is 0 Å². The van der Waals surface area contributed by atoms with Gasteiger partial charge in [0.25, 0.3) is 0 Å². The maximum Gasteiger partial charge on any atom is 0 e. The van der Waals surface area contributed by atoms with E-state index in [9.17, 15) is 0 Å². The molecule has 4 aromatic carbocycles. The van der Waals surface area contributed by atoms with Crippen LogP contribution in [-0.2, 0) is 0 Å². The number of benzene rings is 4. The fraction of sp³-hybridized carbons (Fsp3) is 0. The van der Waals surface area contributed by atoms with Gasteiger partial charge in [0.2, 0.25) is 0 Å². The molecule has 0 fully saturated rings.